The molecule has 0 spiro atoms. The minimum Gasteiger partial charge on any atom is -0.327 e. The average molecular weight is 152 g/mol. The Kier molecular flexibility index (Phi) is 1.16. The van der Waals surface area contributed by atoms with Crippen LogP contribution in [0.3, 0.4) is 0 Å². The number of rotatable bonds is 1. The van der Waals surface area contributed by atoms with Gasteiger partial charge >= 0.3 is 0 Å². The van der Waals surface area contributed by atoms with Gasteiger partial charge in [-0.25, -0.2) is 0 Å². The maximum Gasteiger partial charge on any atom is 0.0127 e. The zero-order valence-corrected chi connectivity index (χ0v) is 6.87. The Morgan fingerprint density at radius 1 is 1.09 bits per heavy atom. The molecule has 0 amide bonds. The number of hydrogen-bond donors (Lipinski definition) is 1. The maximum absolute atomic E-state index is 5.87. The molecular weight excluding hydrogens is 136 g/mol. The van der Waals surface area contributed by atoms with E-state index in [-0.39, 0.29) is 0 Å². The van der Waals surface area contributed by atoms with Crippen LogP contribution in [0.5, 0.6) is 0 Å². The second-order valence-corrected chi connectivity index (χ2v) is 4.44. The molecule has 1 aliphatic heterocycles. The van der Waals surface area contributed by atoms with Crippen molar-refractivity contribution < 1.29 is 0 Å². The summed E-state index contributed by atoms with van der Waals surface area (Å²) in [7, 11) is 0. The maximum atomic E-state index is 5.87. The van der Waals surface area contributed by atoms with Crippen molar-refractivity contribution in [2.75, 3.05) is 13.1 Å². The molecule has 2 atom stereocenters. The fraction of sp³-hybridized carbons (Fsp3) is 1.00. The summed E-state index contributed by atoms with van der Waals surface area (Å²) in [5.74, 6) is 1.77. The van der Waals surface area contributed by atoms with Gasteiger partial charge in [0.2, 0.25) is 0 Å². The monoisotopic (exact) mass is 152 g/mol. The standard InChI is InChI=1S/C9H16N2/c10-9-7-4-11(5-8(7)9)6-2-1-3-6/h6-9H,1-5,10H2. The largest absolute Gasteiger partial charge is 0.327 e. The van der Waals surface area contributed by atoms with Crippen molar-refractivity contribution in [3.63, 3.8) is 0 Å². The van der Waals surface area contributed by atoms with Crippen LogP contribution in [0, 0.1) is 11.8 Å². The summed E-state index contributed by atoms with van der Waals surface area (Å²) in [5.41, 5.74) is 5.87. The van der Waals surface area contributed by atoms with E-state index in [1.165, 1.54) is 32.4 Å². The Morgan fingerprint density at radius 2 is 1.73 bits per heavy atom. The average Bonchev–Trinajstić information content (AvgIpc) is 2.42. The van der Waals surface area contributed by atoms with E-state index in [2.05, 4.69) is 4.90 Å². The Balaban J connectivity index is 1.60. The summed E-state index contributed by atoms with van der Waals surface area (Å²) >= 11 is 0. The molecule has 2 aliphatic carbocycles. The van der Waals surface area contributed by atoms with E-state index in [1.807, 2.05) is 0 Å². The van der Waals surface area contributed by atoms with E-state index in [0.717, 1.165) is 17.9 Å². The van der Waals surface area contributed by atoms with E-state index in [9.17, 15) is 0 Å². The number of piperidine rings is 1. The minimum absolute atomic E-state index is 0.575. The lowest BCUT2D eigenvalue weighted by Crippen LogP contribution is -2.41. The molecule has 1 saturated heterocycles. The lowest BCUT2D eigenvalue weighted by Gasteiger charge is -2.35. The minimum atomic E-state index is 0.575. The van der Waals surface area contributed by atoms with Crippen molar-refractivity contribution in [2.45, 2.75) is 31.3 Å². The molecule has 3 rings (SSSR count). The highest BCUT2D eigenvalue weighted by molar-refractivity contribution is 5.09. The third-order valence-corrected chi connectivity index (χ3v) is 3.88. The molecular formula is C9H16N2. The first-order chi connectivity index (χ1) is 5.36. The van der Waals surface area contributed by atoms with E-state index in [4.69, 9.17) is 5.73 Å². The highest BCUT2D eigenvalue weighted by Crippen LogP contribution is 2.46. The summed E-state index contributed by atoms with van der Waals surface area (Å²) in [6, 6.07) is 1.53. The molecule has 0 radical (unpaired) electrons. The third-order valence-electron chi connectivity index (χ3n) is 3.88. The number of fused-ring (bicyclic) bond motifs is 1. The van der Waals surface area contributed by atoms with Gasteiger partial charge in [0.25, 0.3) is 0 Å². The summed E-state index contributed by atoms with van der Waals surface area (Å²) in [6.45, 7) is 2.63. The first-order valence-electron chi connectivity index (χ1n) is 4.86. The van der Waals surface area contributed by atoms with E-state index < -0.39 is 0 Å². The lowest BCUT2D eigenvalue weighted by molar-refractivity contribution is 0.141. The molecule has 0 bridgehead atoms. The van der Waals surface area contributed by atoms with Crippen LogP contribution < -0.4 is 5.73 Å². The smallest absolute Gasteiger partial charge is 0.0127 e. The zero-order chi connectivity index (χ0) is 7.42. The lowest BCUT2D eigenvalue weighted by atomic mass is 9.91. The number of nitrogens with zero attached hydrogens (tertiary/aromatic N) is 1. The normalized spacial score (nSPS) is 50.5. The van der Waals surface area contributed by atoms with Crippen LogP contribution in [0.15, 0.2) is 0 Å². The Morgan fingerprint density at radius 3 is 2.18 bits per heavy atom. The van der Waals surface area contributed by atoms with Gasteiger partial charge in [0.15, 0.2) is 0 Å². The molecule has 2 N–H and O–H groups in total. The molecule has 3 aliphatic rings. The van der Waals surface area contributed by atoms with Crippen LogP contribution >= 0.6 is 0 Å². The van der Waals surface area contributed by atoms with Crippen molar-refractivity contribution in [3.05, 3.63) is 0 Å². The highest BCUT2D eigenvalue weighted by Gasteiger charge is 2.54. The van der Waals surface area contributed by atoms with Crippen LogP contribution in [0.2, 0.25) is 0 Å². The van der Waals surface area contributed by atoms with Gasteiger partial charge in [-0.3, -0.25) is 4.90 Å². The molecule has 0 aromatic heterocycles. The second-order valence-electron chi connectivity index (χ2n) is 4.44. The fourth-order valence-corrected chi connectivity index (χ4v) is 2.65. The van der Waals surface area contributed by atoms with Crippen LogP contribution in [0.25, 0.3) is 0 Å². The predicted octanol–water partition coefficient (Wildman–Crippen LogP) is 0.428. The van der Waals surface area contributed by atoms with Gasteiger partial charge in [-0.1, -0.05) is 6.42 Å². The first-order valence-corrected chi connectivity index (χ1v) is 4.86. The van der Waals surface area contributed by atoms with E-state index >= 15 is 0 Å². The Hall–Kier alpha value is -0.0800. The summed E-state index contributed by atoms with van der Waals surface area (Å²) in [5, 5.41) is 0. The summed E-state index contributed by atoms with van der Waals surface area (Å²) in [6.07, 6.45) is 4.37. The SMILES string of the molecule is NC1C2CN(C3CCC3)CC12. The Bertz CT molecular complexity index is 164. The van der Waals surface area contributed by atoms with Gasteiger partial charge in [0, 0.05) is 25.2 Å². The van der Waals surface area contributed by atoms with Gasteiger partial charge < -0.3 is 5.73 Å². The van der Waals surface area contributed by atoms with Crippen LogP contribution in [-0.4, -0.2) is 30.1 Å². The number of hydrogen-bond acceptors (Lipinski definition) is 2. The molecule has 62 valence electrons. The molecule has 1 heterocycles. The van der Waals surface area contributed by atoms with Crippen molar-refractivity contribution in [1.29, 1.82) is 0 Å². The second kappa shape index (κ2) is 1.99. The Labute approximate surface area is 67.7 Å². The zero-order valence-electron chi connectivity index (χ0n) is 6.87. The molecule has 2 unspecified atom stereocenters. The molecule has 0 aromatic rings. The van der Waals surface area contributed by atoms with Gasteiger partial charge in [0.05, 0.1) is 0 Å². The molecule has 2 saturated carbocycles. The summed E-state index contributed by atoms with van der Waals surface area (Å²) < 4.78 is 0. The van der Waals surface area contributed by atoms with Gasteiger partial charge in [-0.2, -0.15) is 0 Å². The van der Waals surface area contributed by atoms with E-state index in [1.54, 1.807) is 0 Å². The van der Waals surface area contributed by atoms with Crippen LogP contribution in [0.4, 0.5) is 0 Å². The van der Waals surface area contributed by atoms with Gasteiger partial charge in [-0.05, 0) is 24.7 Å². The van der Waals surface area contributed by atoms with Gasteiger partial charge in [-0.15, -0.1) is 0 Å². The number of nitrogens with two attached hydrogens (primary N) is 1. The molecule has 11 heavy (non-hydrogen) atoms. The molecule has 3 fully saturated rings. The van der Waals surface area contributed by atoms with Crippen LogP contribution in [0.1, 0.15) is 19.3 Å². The number of likely N-dealkylation sites (tertiary alicyclic amines) is 1. The summed E-state index contributed by atoms with van der Waals surface area (Å²) in [4.78, 5) is 2.67. The third kappa shape index (κ3) is 0.798. The first kappa shape index (κ1) is 6.44. The van der Waals surface area contributed by atoms with Crippen molar-refractivity contribution in [3.8, 4) is 0 Å². The van der Waals surface area contributed by atoms with Crippen LogP contribution in [-0.2, 0) is 0 Å². The highest BCUT2D eigenvalue weighted by atomic mass is 15.2. The fourth-order valence-electron chi connectivity index (χ4n) is 2.65. The molecule has 2 nitrogen and oxygen atoms in total. The van der Waals surface area contributed by atoms with E-state index in [0.29, 0.717) is 6.04 Å². The van der Waals surface area contributed by atoms with Crippen molar-refractivity contribution in [2.24, 2.45) is 17.6 Å². The van der Waals surface area contributed by atoms with Crippen molar-refractivity contribution in [1.82, 2.24) is 4.90 Å². The topological polar surface area (TPSA) is 29.3 Å². The quantitative estimate of drug-likeness (QED) is 0.590. The molecule has 2 heteroatoms. The predicted molar refractivity (Wildman–Crippen MR) is 44.2 cm³/mol. The van der Waals surface area contributed by atoms with Crippen molar-refractivity contribution >= 4 is 0 Å². The van der Waals surface area contributed by atoms with Gasteiger partial charge in [0.1, 0.15) is 0 Å². The molecule has 0 aromatic carbocycles.